The molecule has 0 aliphatic carbocycles. The van der Waals surface area contributed by atoms with E-state index in [4.69, 9.17) is 33.2 Å². The lowest BCUT2D eigenvalue weighted by Gasteiger charge is -2.21. The molecule has 0 N–H and O–H groups in total. The van der Waals surface area contributed by atoms with Crippen LogP contribution < -0.4 is 0 Å². The van der Waals surface area contributed by atoms with Gasteiger partial charge >= 0.3 is 0 Å². The Morgan fingerprint density at radius 3 is 0.663 bits per heavy atom. The SMILES string of the molecule is CCCCCCCCCCOC(CCCCCCCCCCCC=CC(OCCC)OC(C=CCCCCCCCCCCCC(OCCCCCCCCCC)OCCCCCCCCCC)OCCC)OCCCCCCCCCC. The van der Waals surface area contributed by atoms with Gasteiger partial charge in [-0.2, -0.15) is 0 Å². The van der Waals surface area contributed by atoms with Crippen molar-refractivity contribution >= 4 is 0 Å². The Balaban J connectivity index is 4.41. The number of hydrogen-bond donors (Lipinski definition) is 0. The van der Waals surface area contributed by atoms with Gasteiger partial charge in [0, 0.05) is 39.6 Å². The van der Waals surface area contributed by atoms with Crippen LogP contribution in [0.5, 0.6) is 0 Å². The highest BCUT2D eigenvalue weighted by atomic mass is 16.8. The topological polar surface area (TPSA) is 64.6 Å². The highest BCUT2D eigenvalue weighted by molar-refractivity contribution is 4.90. The van der Waals surface area contributed by atoms with E-state index in [-0.39, 0.29) is 25.2 Å². The highest BCUT2D eigenvalue weighted by Gasteiger charge is 2.14. The molecule has 0 aliphatic heterocycles. The molecule has 0 spiro atoms. The molecule has 0 aliphatic rings. The fourth-order valence-electron chi connectivity index (χ4n) is 11.1. The summed E-state index contributed by atoms with van der Waals surface area (Å²) < 4.78 is 44.1. The molecular weight excluding hydrogens is 1020 g/mol. The first-order chi connectivity index (χ1) is 41.1. The molecule has 0 aromatic heterocycles. The minimum atomic E-state index is -0.378. The summed E-state index contributed by atoms with van der Waals surface area (Å²) in [6.07, 6.45) is 80.5. The first kappa shape index (κ1) is 82.2. The molecular formula is C76H150O7. The summed E-state index contributed by atoms with van der Waals surface area (Å²) in [6.45, 7) is 18.3. The van der Waals surface area contributed by atoms with Gasteiger partial charge in [-0.3, -0.25) is 0 Å². The predicted molar refractivity (Wildman–Crippen MR) is 363 cm³/mol. The number of hydrogen-bond acceptors (Lipinski definition) is 7. The van der Waals surface area contributed by atoms with Crippen LogP contribution in [0.3, 0.4) is 0 Å². The van der Waals surface area contributed by atoms with Crippen molar-refractivity contribution in [1.82, 2.24) is 0 Å². The molecule has 0 radical (unpaired) electrons. The molecule has 0 bridgehead atoms. The molecule has 83 heavy (non-hydrogen) atoms. The molecule has 7 heteroatoms. The van der Waals surface area contributed by atoms with Gasteiger partial charge in [-0.15, -0.1) is 0 Å². The number of ether oxygens (including phenoxy) is 7. The van der Waals surface area contributed by atoms with E-state index in [1.54, 1.807) is 0 Å². The number of allylic oxidation sites excluding steroid dienone is 2. The first-order valence-corrected chi connectivity index (χ1v) is 37.8. The molecule has 0 aromatic carbocycles. The van der Waals surface area contributed by atoms with E-state index in [9.17, 15) is 0 Å². The summed E-state index contributed by atoms with van der Waals surface area (Å²) in [5.74, 6) is 0. The van der Waals surface area contributed by atoms with Crippen molar-refractivity contribution in [3.05, 3.63) is 24.3 Å². The summed E-state index contributed by atoms with van der Waals surface area (Å²) >= 11 is 0. The predicted octanol–water partition coefficient (Wildman–Crippen LogP) is 25.5. The number of rotatable bonds is 74. The highest BCUT2D eigenvalue weighted by Crippen LogP contribution is 2.20. The quantitative estimate of drug-likeness (QED) is 0.0342. The van der Waals surface area contributed by atoms with Crippen LogP contribution in [0.2, 0.25) is 0 Å². The van der Waals surface area contributed by atoms with Crippen molar-refractivity contribution in [2.24, 2.45) is 0 Å². The maximum absolute atomic E-state index is 6.41. The molecule has 0 saturated heterocycles. The molecule has 0 rings (SSSR count). The second kappa shape index (κ2) is 73.7. The lowest BCUT2D eigenvalue weighted by atomic mass is 10.1. The average Bonchev–Trinajstić information content (AvgIpc) is 3.49. The van der Waals surface area contributed by atoms with Crippen LogP contribution in [0.4, 0.5) is 0 Å². The lowest BCUT2D eigenvalue weighted by molar-refractivity contribution is -0.207. The second-order valence-corrected chi connectivity index (χ2v) is 25.2. The standard InChI is InChI=1S/C76H150O7/c1-7-13-17-21-25-43-51-59-69-79-73(80-70-60-52-44-26-22-18-14-8-2)63-55-47-39-35-31-29-33-37-41-49-57-65-75(77-67-11-5)83-76(78-68-12-6)66-58-50-42-38-34-30-32-36-40-48-56-64-74(81-71-61-53-45-27-23-19-15-9-3)82-72-62-54-46-28-24-20-16-10-4/h57-58,65-66,73-76H,7-56,59-64,67-72H2,1-6H3. The normalized spacial score (nSPS) is 12.9. The Morgan fingerprint density at radius 2 is 0.422 bits per heavy atom. The first-order valence-electron chi connectivity index (χ1n) is 37.8. The van der Waals surface area contributed by atoms with E-state index in [1.807, 2.05) is 0 Å². The van der Waals surface area contributed by atoms with Crippen molar-refractivity contribution in [1.29, 1.82) is 0 Å². The van der Waals surface area contributed by atoms with Crippen LogP contribution in [0.15, 0.2) is 24.3 Å². The molecule has 0 fully saturated rings. The molecule has 0 saturated carbocycles. The third-order valence-corrected chi connectivity index (χ3v) is 16.7. The molecule has 2 atom stereocenters. The molecule has 0 amide bonds. The Hall–Kier alpha value is -0.800. The fourth-order valence-corrected chi connectivity index (χ4v) is 11.1. The molecule has 0 heterocycles. The van der Waals surface area contributed by atoms with Crippen molar-refractivity contribution in [2.75, 3.05) is 39.6 Å². The van der Waals surface area contributed by atoms with E-state index in [2.05, 4.69) is 65.8 Å². The van der Waals surface area contributed by atoms with E-state index in [0.29, 0.717) is 13.2 Å². The Bertz CT molecular complexity index is 1080. The minimum absolute atomic E-state index is 0.00658. The summed E-state index contributed by atoms with van der Waals surface area (Å²) in [4.78, 5) is 0. The van der Waals surface area contributed by atoms with Crippen LogP contribution in [0, 0.1) is 0 Å². The molecule has 0 aromatic rings. The van der Waals surface area contributed by atoms with Gasteiger partial charge in [0.2, 0.25) is 0 Å². The maximum Gasteiger partial charge on any atom is 0.180 e. The van der Waals surface area contributed by atoms with Crippen LogP contribution >= 0.6 is 0 Å². The van der Waals surface area contributed by atoms with Crippen LogP contribution in [0.1, 0.15) is 401 Å². The van der Waals surface area contributed by atoms with Crippen LogP contribution in [0.25, 0.3) is 0 Å². The average molecular weight is 1180 g/mol. The summed E-state index contributed by atoms with van der Waals surface area (Å²) in [5.41, 5.74) is 0. The lowest BCUT2D eigenvalue weighted by Crippen LogP contribution is -2.25. The zero-order valence-electron chi connectivity index (χ0n) is 57.3. The van der Waals surface area contributed by atoms with Gasteiger partial charge in [0.1, 0.15) is 0 Å². The zero-order valence-corrected chi connectivity index (χ0v) is 57.3. The Morgan fingerprint density at radius 1 is 0.205 bits per heavy atom. The van der Waals surface area contributed by atoms with Gasteiger partial charge in [-0.05, 0) is 102 Å². The van der Waals surface area contributed by atoms with E-state index >= 15 is 0 Å². The van der Waals surface area contributed by atoms with Gasteiger partial charge in [0.15, 0.2) is 25.2 Å². The third-order valence-electron chi connectivity index (χ3n) is 16.7. The van der Waals surface area contributed by atoms with Gasteiger partial charge in [0.05, 0.1) is 0 Å². The van der Waals surface area contributed by atoms with Gasteiger partial charge in [-0.25, -0.2) is 0 Å². The minimum Gasteiger partial charge on any atom is -0.353 e. The summed E-state index contributed by atoms with van der Waals surface area (Å²) in [5, 5.41) is 0. The molecule has 496 valence electrons. The van der Waals surface area contributed by atoms with E-state index in [1.165, 1.54) is 321 Å². The van der Waals surface area contributed by atoms with Crippen molar-refractivity contribution in [3.63, 3.8) is 0 Å². The summed E-state index contributed by atoms with van der Waals surface area (Å²) in [7, 11) is 0. The monoisotopic (exact) mass is 1180 g/mol. The Kier molecular flexibility index (Phi) is 73.0. The number of unbranched alkanes of at least 4 members (excludes halogenated alkanes) is 46. The van der Waals surface area contributed by atoms with Gasteiger partial charge in [-0.1, -0.05) is 323 Å². The van der Waals surface area contributed by atoms with Crippen LogP contribution in [-0.4, -0.2) is 64.8 Å². The molecule has 7 nitrogen and oxygen atoms in total. The van der Waals surface area contributed by atoms with Gasteiger partial charge < -0.3 is 33.2 Å². The fraction of sp³-hybridized carbons (Fsp3) is 0.947. The second-order valence-electron chi connectivity index (χ2n) is 25.2. The van der Waals surface area contributed by atoms with Gasteiger partial charge in [0.25, 0.3) is 0 Å². The Labute approximate surface area is 521 Å². The smallest absolute Gasteiger partial charge is 0.180 e. The van der Waals surface area contributed by atoms with Crippen molar-refractivity contribution in [3.8, 4) is 0 Å². The van der Waals surface area contributed by atoms with Crippen LogP contribution in [-0.2, 0) is 33.2 Å². The van der Waals surface area contributed by atoms with E-state index < -0.39 is 0 Å². The van der Waals surface area contributed by atoms with E-state index in [0.717, 1.165) is 65.0 Å². The van der Waals surface area contributed by atoms with Crippen molar-refractivity contribution in [2.45, 2.75) is 426 Å². The molecule has 2 unspecified atom stereocenters. The van der Waals surface area contributed by atoms with Crippen molar-refractivity contribution < 1.29 is 33.2 Å². The largest absolute Gasteiger partial charge is 0.353 e. The summed E-state index contributed by atoms with van der Waals surface area (Å²) in [6, 6.07) is 0. The zero-order chi connectivity index (χ0) is 59.9. The maximum atomic E-state index is 6.41. The third kappa shape index (κ3) is 67.0.